The van der Waals surface area contributed by atoms with E-state index in [1.54, 1.807) is 18.5 Å². The first-order valence-electron chi connectivity index (χ1n) is 10.3. The van der Waals surface area contributed by atoms with Gasteiger partial charge in [-0.2, -0.15) is 23.4 Å². The van der Waals surface area contributed by atoms with Crippen molar-refractivity contribution in [2.75, 3.05) is 5.32 Å². The maximum absolute atomic E-state index is 13.7. The predicted octanol–water partition coefficient (Wildman–Crippen LogP) is 4.51. The van der Waals surface area contributed by atoms with Crippen LogP contribution in [0.5, 0.6) is 0 Å². The summed E-state index contributed by atoms with van der Waals surface area (Å²) in [6.07, 6.45) is -1.75. The molecule has 4 aromatic rings. The quantitative estimate of drug-likeness (QED) is 0.354. The Balaban J connectivity index is 1.92. The number of pyridine rings is 1. The molecule has 14 heteroatoms. The van der Waals surface area contributed by atoms with Gasteiger partial charge in [0.15, 0.2) is 0 Å². The van der Waals surface area contributed by atoms with Crippen LogP contribution in [0.3, 0.4) is 0 Å². The summed E-state index contributed by atoms with van der Waals surface area (Å²) in [7, 11) is 0. The summed E-state index contributed by atoms with van der Waals surface area (Å²) in [5.41, 5.74) is 6.28. The first-order chi connectivity index (χ1) is 16.4. The molecule has 0 saturated heterocycles. The molecular weight excluding hydrogens is 551 g/mol. The maximum atomic E-state index is 13.7. The van der Waals surface area contributed by atoms with Gasteiger partial charge in [0.2, 0.25) is 5.91 Å². The molecule has 0 bridgehead atoms. The molecule has 0 aliphatic carbocycles. The van der Waals surface area contributed by atoms with Gasteiger partial charge in [-0.15, -0.1) is 11.3 Å². The van der Waals surface area contributed by atoms with Crippen LogP contribution in [0.2, 0.25) is 0 Å². The normalized spacial score (nSPS) is 11.9. The summed E-state index contributed by atoms with van der Waals surface area (Å²) in [6, 6.07) is 0.897. The van der Waals surface area contributed by atoms with E-state index in [-0.39, 0.29) is 32.9 Å². The summed E-state index contributed by atoms with van der Waals surface area (Å²) in [5, 5.41) is 11.2. The Bertz CT molecular complexity index is 1470. The molecule has 0 unspecified atom stereocenters. The van der Waals surface area contributed by atoms with Gasteiger partial charge in [0, 0.05) is 23.2 Å². The lowest BCUT2D eigenvalue weighted by Gasteiger charge is -2.12. The minimum Gasteiger partial charge on any atom is -0.365 e. The van der Waals surface area contributed by atoms with Crippen molar-refractivity contribution < 1.29 is 22.8 Å². The molecule has 0 saturated carbocycles. The largest absolute Gasteiger partial charge is 0.433 e. The summed E-state index contributed by atoms with van der Waals surface area (Å²) in [4.78, 5) is 28.7. The highest BCUT2D eigenvalue weighted by molar-refractivity contribution is 9.10. The molecular formula is C21H19BrF3N7O2S. The van der Waals surface area contributed by atoms with E-state index in [1.165, 1.54) is 17.1 Å². The topological polar surface area (TPSA) is 121 Å². The first kappa shape index (κ1) is 24.9. The fourth-order valence-corrected chi connectivity index (χ4v) is 4.98. The number of amides is 2. The predicted molar refractivity (Wildman–Crippen MR) is 128 cm³/mol. The number of nitrogens with two attached hydrogens (primary N) is 1. The first-order valence-corrected chi connectivity index (χ1v) is 11.9. The van der Waals surface area contributed by atoms with E-state index in [0.717, 1.165) is 6.07 Å². The number of hydrogen-bond acceptors (Lipinski definition) is 6. The molecule has 0 fully saturated rings. The molecule has 3 N–H and O–H groups in total. The van der Waals surface area contributed by atoms with Crippen LogP contribution in [-0.2, 0) is 24.1 Å². The van der Waals surface area contributed by atoms with Crippen LogP contribution in [0.25, 0.3) is 21.3 Å². The third-order valence-electron chi connectivity index (χ3n) is 5.47. The number of thiophene rings is 1. The van der Waals surface area contributed by atoms with Crippen molar-refractivity contribution in [3.8, 4) is 11.1 Å². The minimum atomic E-state index is -4.73. The number of aryl methyl sites for hydroxylation is 1. The molecule has 0 spiro atoms. The van der Waals surface area contributed by atoms with E-state index in [2.05, 4.69) is 36.4 Å². The Morgan fingerprint density at radius 3 is 2.37 bits per heavy atom. The van der Waals surface area contributed by atoms with Crippen molar-refractivity contribution in [1.82, 2.24) is 24.5 Å². The van der Waals surface area contributed by atoms with Crippen LogP contribution in [0.4, 0.5) is 18.9 Å². The highest BCUT2D eigenvalue weighted by Crippen LogP contribution is 2.44. The highest BCUT2D eigenvalue weighted by Gasteiger charge is 2.35. The second-order valence-electron chi connectivity index (χ2n) is 7.65. The average Bonchev–Trinajstić information content (AvgIpc) is 3.44. The molecule has 9 nitrogen and oxygen atoms in total. The Morgan fingerprint density at radius 1 is 1.14 bits per heavy atom. The van der Waals surface area contributed by atoms with E-state index in [9.17, 15) is 22.8 Å². The van der Waals surface area contributed by atoms with Crippen LogP contribution in [0.1, 0.15) is 33.7 Å². The number of nitrogens with zero attached hydrogens (tertiary/aromatic N) is 5. The number of alkyl halides is 3. The highest BCUT2D eigenvalue weighted by atomic mass is 79.9. The zero-order valence-electron chi connectivity index (χ0n) is 18.7. The number of anilines is 1. The third-order valence-corrected chi connectivity index (χ3v) is 7.35. The molecule has 0 aliphatic rings. The monoisotopic (exact) mass is 569 g/mol. The molecule has 0 aliphatic heterocycles. The Morgan fingerprint density at radius 2 is 1.83 bits per heavy atom. The lowest BCUT2D eigenvalue weighted by atomic mass is 10.0. The van der Waals surface area contributed by atoms with Crippen LogP contribution >= 0.6 is 27.3 Å². The summed E-state index contributed by atoms with van der Waals surface area (Å²) in [5.74, 6) is -1.44. The fourth-order valence-electron chi connectivity index (χ4n) is 3.68. The van der Waals surface area contributed by atoms with Crippen molar-refractivity contribution in [3.05, 3.63) is 44.9 Å². The van der Waals surface area contributed by atoms with Gasteiger partial charge < -0.3 is 11.1 Å². The maximum Gasteiger partial charge on any atom is 0.433 e. The summed E-state index contributed by atoms with van der Waals surface area (Å²) < 4.78 is 44.8. The second-order valence-corrected chi connectivity index (χ2v) is 9.50. The molecule has 4 heterocycles. The van der Waals surface area contributed by atoms with Crippen LogP contribution in [0.15, 0.2) is 22.9 Å². The Kier molecular flexibility index (Phi) is 6.44. The van der Waals surface area contributed by atoms with Gasteiger partial charge in [-0.3, -0.25) is 19.0 Å². The molecule has 35 heavy (non-hydrogen) atoms. The van der Waals surface area contributed by atoms with E-state index >= 15 is 0 Å². The zero-order chi connectivity index (χ0) is 25.7. The molecule has 0 atom stereocenters. The van der Waals surface area contributed by atoms with E-state index in [0.29, 0.717) is 39.3 Å². The molecule has 4 aromatic heterocycles. The van der Waals surface area contributed by atoms with Gasteiger partial charge in [-0.25, -0.2) is 4.98 Å². The second kappa shape index (κ2) is 9.07. The van der Waals surface area contributed by atoms with Gasteiger partial charge >= 0.3 is 6.18 Å². The summed E-state index contributed by atoms with van der Waals surface area (Å²) >= 11 is 4.01. The number of halogens is 4. The van der Waals surface area contributed by atoms with Gasteiger partial charge in [-0.1, -0.05) is 0 Å². The number of hydrogen-bond donors (Lipinski definition) is 2. The summed E-state index contributed by atoms with van der Waals surface area (Å²) in [6.45, 7) is 5.65. The van der Waals surface area contributed by atoms with Crippen LogP contribution in [0, 0.1) is 13.8 Å². The van der Waals surface area contributed by atoms with Crippen LogP contribution < -0.4 is 11.1 Å². The number of carbonyl (C=O) groups excluding carboxylic acids is 2. The smallest absolute Gasteiger partial charge is 0.365 e. The Hall–Kier alpha value is -3.26. The fraction of sp³-hybridized carbons (Fsp3) is 0.286. The molecule has 184 valence electrons. The number of rotatable bonds is 6. The van der Waals surface area contributed by atoms with E-state index in [1.807, 2.05) is 6.92 Å². The molecule has 0 radical (unpaired) electrons. The molecule has 4 rings (SSSR count). The minimum absolute atomic E-state index is 0.00579. The van der Waals surface area contributed by atoms with Gasteiger partial charge in [0.25, 0.3) is 5.91 Å². The van der Waals surface area contributed by atoms with Crippen molar-refractivity contribution in [1.29, 1.82) is 0 Å². The number of aromatic nitrogens is 5. The third kappa shape index (κ3) is 4.55. The standard InChI is InChI=1S/C21H19BrF3N7O2S/c1-4-31-9(2)12(6-27-31)11-5-14(21(23,24)25)29-20-16(11)17(18(35-20)19(26)34)30-15(33)8-32-10(3)13(22)7-28-32/h5-7H,4,8H2,1-3H3,(H2,26,34)(H,30,33). The number of primary amides is 1. The average molecular weight is 570 g/mol. The van der Waals surface area contributed by atoms with E-state index in [4.69, 9.17) is 5.73 Å². The van der Waals surface area contributed by atoms with Gasteiger partial charge in [-0.05, 0) is 48.3 Å². The van der Waals surface area contributed by atoms with Crippen LogP contribution in [-0.4, -0.2) is 36.4 Å². The van der Waals surface area contributed by atoms with Crippen molar-refractivity contribution >= 4 is 55.0 Å². The number of carbonyl (C=O) groups is 2. The molecule has 0 aromatic carbocycles. The van der Waals surface area contributed by atoms with Crippen molar-refractivity contribution in [2.45, 2.75) is 40.0 Å². The number of nitrogens with one attached hydrogen (secondary N) is 1. The van der Waals surface area contributed by atoms with Crippen molar-refractivity contribution in [3.63, 3.8) is 0 Å². The lowest BCUT2D eigenvalue weighted by Crippen LogP contribution is -2.22. The van der Waals surface area contributed by atoms with E-state index < -0.39 is 23.7 Å². The van der Waals surface area contributed by atoms with Gasteiger partial charge in [0.1, 0.15) is 21.9 Å². The number of fused-ring (bicyclic) bond motifs is 1. The molecule has 2 amide bonds. The zero-order valence-corrected chi connectivity index (χ0v) is 21.1. The SMILES string of the molecule is CCn1ncc(-c2cc(C(F)(F)F)nc3sc(C(N)=O)c(NC(=O)Cn4ncc(Br)c4C)c23)c1C. The van der Waals surface area contributed by atoms with Gasteiger partial charge in [0.05, 0.1) is 28.2 Å². The lowest BCUT2D eigenvalue weighted by molar-refractivity contribution is -0.140. The van der Waals surface area contributed by atoms with Crippen molar-refractivity contribution in [2.24, 2.45) is 5.73 Å². The Labute approximate surface area is 209 Å².